The van der Waals surface area contributed by atoms with Crippen LogP contribution >= 0.6 is 0 Å². The largest absolute Gasteiger partial charge is 0.298 e. The van der Waals surface area contributed by atoms with Gasteiger partial charge in [0.15, 0.2) is 10.7 Å². The van der Waals surface area contributed by atoms with E-state index in [1.165, 1.54) is 30.3 Å². The molecule has 0 aliphatic carbocycles. The minimum Gasteiger partial charge on any atom is -0.258 e. The summed E-state index contributed by atoms with van der Waals surface area (Å²) in [4.78, 5) is 20.8. The molecule has 84 valence electrons. The number of rotatable bonds is 5. The first kappa shape index (κ1) is 11.6. The van der Waals surface area contributed by atoms with Gasteiger partial charge in [0.05, 0.1) is 4.92 Å². The Labute approximate surface area is 90.9 Å². The lowest BCUT2D eigenvalue weighted by molar-refractivity contribution is -0.494. The van der Waals surface area contributed by atoms with Crippen LogP contribution in [0.4, 0.5) is 11.4 Å². The molecule has 0 N–H and O–H groups in total. The molecular weight excluding hydrogens is 214 g/mol. The highest BCUT2D eigenvalue weighted by atomic mass is 16.7. The smallest absolute Gasteiger partial charge is 0.258 e. The Hall–Kier alpha value is -2.44. The van der Waals surface area contributed by atoms with Crippen LogP contribution in [-0.4, -0.2) is 16.5 Å². The van der Waals surface area contributed by atoms with Gasteiger partial charge in [0.1, 0.15) is 6.54 Å². The van der Waals surface area contributed by atoms with Crippen LogP contribution in [-0.2, 0) is 0 Å². The van der Waals surface area contributed by atoms with Gasteiger partial charge in [0.25, 0.3) is 5.69 Å². The minimum absolute atomic E-state index is 0.0580. The maximum Gasteiger partial charge on any atom is 0.298 e. The molecule has 7 heteroatoms. The Kier molecular flexibility index (Phi) is 3.54. The zero-order valence-electron chi connectivity index (χ0n) is 8.28. The van der Waals surface area contributed by atoms with E-state index < -0.39 is 9.96 Å². The average molecular weight is 223 g/mol. The van der Waals surface area contributed by atoms with E-state index in [2.05, 4.69) is 6.58 Å². The second kappa shape index (κ2) is 4.87. The normalized spacial score (nSPS) is 9.50. The van der Waals surface area contributed by atoms with Gasteiger partial charge in [0, 0.05) is 6.07 Å². The highest BCUT2D eigenvalue weighted by Crippen LogP contribution is 2.27. The Balaban J connectivity index is 3.22. The fourth-order valence-electron chi connectivity index (χ4n) is 1.21. The predicted octanol–water partition coefficient (Wildman–Crippen LogP) is 1.78. The van der Waals surface area contributed by atoms with Gasteiger partial charge in [-0.15, -0.1) is 6.58 Å². The zero-order valence-corrected chi connectivity index (χ0v) is 8.28. The molecule has 0 bridgehead atoms. The lowest BCUT2D eigenvalue weighted by Gasteiger charge is -2.11. The Morgan fingerprint density at radius 1 is 1.31 bits per heavy atom. The number of hydrazine groups is 1. The quantitative estimate of drug-likeness (QED) is 0.431. The standard InChI is InChI=1S/C9H9N3O4/c1-2-7-10(12(15)16)8-5-3-4-6-9(8)11(13)14/h2-6H,1,7H2. The first-order valence-electron chi connectivity index (χ1n) is 4.34. The number of benzene rings is 1. The van der Waals surface area contributed by atoms with Gasteiger partial charge in [-0.3, -0.25) is 10.1 Å². The van der Waals surface area contributed by atoms with E-state index in [1.54, 1.807) is 0 Å². The molecule has 0 unspecified atom stereocenters. The van der Waals surface area contributed by atoms with Crippen LogP contribution in [0.3, 0.4) is 0 Å². The maximum atomic E-state index is 10.7. The van der Waals surface area contributed by atoms with Gasteiger partial charge in [-0.2, -0.15) is 0 Å². The van der Waals surface area contributed by atoms with Gasteiger partial charge in [-0.1, -0.05) is 23.2 Å². The van der Waals surface area contributed by atoms with Crippen molar-refractivity contribution in [3.63, 3.8) is 0 Å². The molecule has 0 spiro atoms. The summed E-state index contributed by atoms with van der Waals surface area (Å²) >= 11 is 0. The summed E-state index contributed by atoms with van der Waals surface area (Å²) in [5.74, 6) is 0. The van der Waals surface area contributed by atoms with Crippen LogP contribution in [0.5, 0.6) is 0 Å². The fourth-order valence-corrected chi connectivity index (χ4v) is 1.21. The second-order valence-corrected chi connectivity index (χ2v) is 2.85. The van der Waals surface area contributed by atoms with Crippen molar-refractivity contribution in [3.05, 3.63) is 57.1 Å². The van der Waals surface area contributed by atoms with Crippen LogP contribution < -0.4 is 5.01 Å². The van der Waals surface area contributed by atoms with Crippen LogP contribution in [0.2, 0.25) is 0 Å². The van der Waals surface area contributed by atoms with Gasteiger partial charge in [-0.25, -0.2) is 10.1 Å². The van der Waals surface area contributed by atoms with Crippen LogP contribution in [0.15, 0.2) is 36.9 Å². The fraction of sp³-hybridized carbons (Fsp3) is 0.111. The molecule has 0 saturated heterocycles. The van der Waals surface area contributed by atoms with Crippen molar-refractivity contribution < 1.29 is 9.96 Å². The molecular formula is C9H9N3O4. The van der Waals surface area contributed by atoms with Gasteiger partial charge in [-0.05, 0) is 6.07 Å². The average Bonchev–Trinajstić information content (AvgIpc) is 2.25. The molecule has 0 aliphatic heterocycles. The van der Waals surface area contributed by atoms with E-state index in [4.69, 9.17) is 0 Å². The SMILES string of the molecule is C=CCN(c1ccccc1[N+](=O)[O-])[N+](=O)[O-]. The lowest BCUT2D eigenvalue weighted by Crippen LogP contribution is -2.30. The van der Waals surface area contributed by atoms with E-state index in [0.717, 1.165) is 0 Å². The molecule has 16 heavy (non-hydrogen) atoms. The number of nitro groups is 2. The summed E-state index contributed by atoms with van der Waals surface area (Å²) in [6.07, 6.45) is 1.31. The summed E-state index contributed by atoms with van der Waals surface area (Å²) in [7, 11) is 0. The summed E-state index contributed by atoms with van der Waals surface area (Å²) in [6.45, 7) is 3.27. The molecule has 7 nitrogen and oxygen atoms in total. The molecule has 0 amide bonds. The number of para-hydroxylation sites is 2. The first-order chi connectivity index (χ1) is 7.57. The molecule has 0 saturated carbocycles. The summed E-state index contributed by atoms with van der Waals surface area (Å²) < 4.78 is 0. The van der Waals surface area contributed by atoms with Crippen molar-refractivity contribution in [1.82, 2.24) is 0 Å². The monoisotopic (exact) mass is 223 g/mol. The summed E-state index contributed by atoms with van der Waals surface area (Å²) in [5, 5.41) is 21.4. The van der Waals surface area contributed by atoms with Crippen molar-refractivity contribution in [2.75, 3.05) is 11.6 Å². The van der Waals surface area contributed by atoms with E-state index in [1.807, 2.05) is 0 Å². The van der Waals surface area contributed by atoms with Crippen molar-refractivity contribution in [1.29, 1.82) is 0 Å². The molecule has 0 heterocycles. The van der Waals surface area contributed by atoms with Crippen molar-refractivity contribution >= 4 is 11.4 Å². The number of nitrogens with zero attached hydrogens (tertiary/aromatic N) is 3. The molecule has 1 rings (SSSR count). The van der Waals surface area contributed by atoms with Gasteiger partial charge < -0.3 is 0 Å². The van der Waals surface area contributed by atoms with Crippen LogP contribution in [0, 0.1) is 20.2 Å². The lowest BCUT2D eigenvalue weighted by atomic mass is 10.2. The van der Waals surface area contributed by atoms with Gasteiger partial charge in [0.2, 0.25) is 0 Å². The summed E-state index contributed by atoms with van der Waals surface area (Å²) in [6, 6.07) is 5.49. The highest BCUT2D eigenvalue weighted by molar-refractivity contribution is 5.61. The topological polar surface area (TPSA) is 89.5 Å². The first-order valence-corrected chi connectivity index (χ1v) is 4.34. The van der Waals surface area contributed by atoms with Crippen LogP contribution in [0.25, 0.3) is 0 Å². The zero-order chi connectivity index (χ0) is 12.1. The van der Waals surface area contributed by atoms with Crippen LogP contribution in [0.1, 0.15) is 0 Å². The molecule has 0 fully saturated rings. The predicted molar refractivity (Wildman–Crippen MR) is 57.6 cm³/mol. The van der Waals surface area contributed by atoms with E-state index in [9.17, 15) is 20.2 Å². The molecule has 0 radical (unpaired) electrons. The third-order valence-electron chi connectivity index (χ3n) is 1.86. The van der Waals surface area contributed by atoms with E-state index >= 15 is 0 Å². The third kappa shape index (κ3) is 2.32. The van der Waals surface area contributed by atoms with E-state index in [0.29, 0.717) is 5.01 Å². The Bertz CT molecular complexity index is 433. The molecule has 1 aromatic carbocycles. The molecule has 0 aromatic heterocycles. The Morgan fingerprint density at radius 2 is 1.94 bits per heavy atom. The van der Waals surface area contributed by atoms with E-state index in [-0.39, 0.29) is 17.9 Å². The molecule has 0 atom stereocenters. The second-order valence-electron chi connectivity index (χ2n) is 2.85. The number of anilines is 1. The maximum absolute atomic E-state index is 10.7. The molecule has 0 aliphatic rings. The number of hydrogen-bond acceptors (Lipinski definition) is 4. The van der Waals surface area contributed by atoms with Gasteiger partial charge >= 0.3 is 0 Å². The minimum atomic E-state index is -0.704. The van der Waals surface area contributed by atoms with Crippen molar-refractivity contribution in [2.45, 2.75) is 0 Å². The van der Waals surface area contributed by atoms with Crippen molar-refractivity contribution in [3.8, 4) is 0 Å². The molecule has 1 aromatic rings. The third-order valence-corrected chi connectivity index (χ3v) is 1.86. The van der Waals surface area contributed by atoms with Crippen molar-refractivity contribution in [2.24, 2.45) is 0 Å². The number of hydrogen-bond donors (Lipinski definition) is 0. The number of nitro benzene ring substituents is 1. The Morgan fingerprint density at radius 3 is 2.44 bits per heavy atom. The highest BCUT2D eigenvalue weighted by Gasteiger charge is 2.24. The summed E-state index contributed by atoms with van der Waals surface area (Å²) in [5.41, 5.74) is -0.363.